The summed E-state index contributed by atoms with van der Waals surface area (Å²) in [6.45, 7) is 0. The third-order valence-corrected chi connectivity index (χ3v) is 2.39. The number of rotatable bonds is 2. The SMILES string of the molecule is O[C@H](c1ccc(F)cc1)c1cc(F)cc(F)c1. The summed E-state index contributed by atoms with van der Waals surface area (Å²) in [5.74, 6) is -1.96. The van der Waals surface area contributed by atoms with Gasteiger partial charge in [-0.05, 0) is 35.4 Å². The zero-order valence-corrected chi connectivity index (χ0v) is 8.70. The predicted octanol–water partition coefficient (Wildman–Crippen LogP) is 3.19. The summed E-state index contributed by atoms with van der Waals surface area (Å²) in [5, 5.41) is 9.88. The van der Waals surface area contributed by atoms with Crippen LogP contribution in [0.5, 0.6) is 0 Å². The number of hydrogen-bond acceptors (Lipinski definition) is 1. The lowest BCUT2D eigenvalue weighted by Gasteiger charge is -2.11. The van der Waals surface area contributed by atoms with Gasteiger partial charge in [0.1, 0.15) is 23.6 Å². The summed E-state index contributed by atoms with van der Waals surface area (Å²) in [4.78, 5) is 0. The largest absolute Gasteiger partial charge is 0.384 e. The second-order valence-corrected chi connectivity index (χ2v) is 3.66. The zero-order valence-electron chi connectivity index (χ0n) is 8.70. The molecule has 88 valence electrons. The molecule has 0 bridgehead atoms. The van der Waals surface area contributed by atoms with Crippen LogP contribution in [0.2, 0.25) is 0 Å². The van der Waals surface area contributed by atoms with Crippen LogP contribution in [-0.2, 0) is 0 Å². The maximum absolute atomic E-state index is 13.0. The summed E-state index contributed by atoms with van der Waals surface area (Å²) in [6.07, 6.45) is -1.18. The van der Waals surface area contributed by atoms with Gasteiger partial charge < -0.3 is 5.11 Å². The molecular formula is C13H9F3O. The zero-order chi connectivity index (χ0) is 12.4. The molecule has 0 aliphatic heterocycles. The van der Waals surface area contributed by atoms with Crippen molar-refractivity contribution >= 4 is 0 Å². The van der Waals surface area contributed by atoms with E-state index in [1.807, 2.05) is 0 Å². The van der Waals surface area contributed by atoms with Gasteiger partial charge in [0.25, 0.3) is 0 Å². The van der Waals surface area contributed by atoms with Gasteiger partial charge in [-0.25, -0.2) is 13.2 Å². The van der Waals surface area contributed by atoms with Crippen molar-refractivity contribution in [3.63, 3.8) is 0 Å². The van der Waals surface area contributed by atoms with E-state index in [2.05, 4.69) is 0 Å². The molecule has 0 radical (unpaired) electrons. The normalized spacial score (nSPS) is 12.5. The van der Waals surface area contributed by atoms with Crippen molar-refractivity contribution in [2.45, 2.75) is 6.10 Å². The number of aliphatic hydroxyl groups is 1. The summed E-state index contributed by atoms with van der Waals surface area (Å²) >= 11 is 0. The molecule has 17 heavy (non-hydrogen) atoms. The van der Waals surface area contributed by atoms with Crippen molar-refractivity contribution < 1.29 is 18.3 Å². The van der Waals surface area contributed by atoms with E-state index in [-0.39, 0.29) is 5.56 Å². The maximum atomic E-state index is 13.0. The topological polar surface area (TPSA) is 20.2 Å². The first-order chi connectivity index (χ1) is 8.06. The molecular weight excluding hydrogens is 229 g/mol. The molecule has 0 aliphatic carbocycles. The Labute approximate surface area is 96.1 Å². The highest BCUT2D eigenvalue weighted by Gasteiger charge is 2.12. The van der Waals surface area contributed by atoms with E-state index in [0.717, 1.165) is 18.2 Å². The van der Waals surface area contributed by atoms with Crippen molar-refractivity contribution in [2.75, 3.05) is 0 Å². The van der Waals surface area contributed by atoms with Gasteiger partial charge in [0.2, 0.25) is 0 Å². The smallest absolute Gasteiger partial charge is 0.126 e. The predicted molar refractivity (Wildman–Crippen MR) is 56.8 cm³/mol. The molecule has 0 fully saturated rings. The molecule has 1 atom stereocenters. The van der Waals surface area contributed by atoms with Crippen molar-refractivity contribution in [3.8, 4) is 0 Å². The van der Waals surface area contributed by atoms with E-state index in [0.29, 0.717) is 5.56 Å². The van der Waals surface area contributed by atoms with E-state index in [1.165, 1.54) is 24.3 Å². The molecule has 0 saturated heterocycles. The minimum atomic E-state index is -1.18. The number of aliphatic hydroxyl groups excluding tert-OH is 1. The summed E-state index contributed by atoms with van der Waals surface area (Å²) < 4.78 is 38.6. The van der Waals surface area contributed by atoms with Gasteiger partial charge in [0.15, 0.2) is 0 Å². The molecule has 2 aromatic rings. The lowest BCUT2D eigenvalue weighted by Crippen LogP contribution is -2.01. The average molecular weight is 238 g/mol. The second kappa shape index (κ2) is 4.59. The summed E-state index contributed by atoms with van der Waals surface area (Å²) in [7, 11) is 0. The van der Waals surface area contributed by atoms with Gasteiger partial charge in [-0.2, -0.15) is 0 Å². The fourth-order valence-electron chi connectivity index (χ4n) is 1.57. The average Bonchev–Trinajstić information content (AvgIpc) is 2.28. The van der Waals surface area contributed by atoms with Crippen LogP contribution < -0.4 is 0 Å². The van der Waals surface area contributed by atoms with E-state index >= 15 is 0 Å². The Morgan fingerprint density at radius 2 is 1.24 bits per heavy atom. The van der Waals surface area contributed by atoms with Crippen LogP contribution in [0.4, 0.5) is 13.2 Å². The highest BCUT2D eigenvalue weighted by Crippen LogP contribution is 2.23. The molecule has 0 spiro atoms. The Balaban J connectivity index is 2.36. The van der Waals surface area contributed by atoms with Crippen LogP contribution >= 0.6 is 0 Å². The Hall–Kier alpha value is -1.81. The Bertz CT molecular complexity index is 502. The van der Waals surface area contributed by atoms with Crippen LogP contribution in [0.25, 0.3) is 0 Å². The van der Waals surface area contributed by atoms with Crippen LogP contribution in [0.3, 0.4) is 0 Å². The van der Waals surface area contributed by atoms with E-state index in [1.54, 1.807) is 0 Å². The Morgan fingerprint density at radius 3 is 1.76 bits per heavy atom. The molecule has 0 saturated carbocycles. The van der Waals surface area contributed by atoms with Crippen molar-refractivity contribution in [3.05, 3.63) is 71.0 Å². The molecule has 1 nitrogen and oxygen atoms in total. The molecule has 4 heteroatoms. The molecule has 1 N–H and O–H groups in total. The first kappa shape index (κ1) is 11.7. The first-order valence-corrected chi connectivity index (χ1v) is 4.96. The first-order valence-electron chi connectivity index (χ1n) is 4.96. The van der Waals surface area contributed by atoms with Gasteiger partial charge >= 0.3 is 0 Å². The third kappa shape index (κ3) is 2.65. The molecule has 2 rings (SSSR count). The molecule has 0 aromatic heterocycles. The third-order valence-electron chi connectivity index (χ3n) is 2.39. The van der Waals surface area contributed by atoms with E-state index in [9.17, 15) is 18.3 Å². The van der Waals surface area contributed by atoms with E-state index in [4.69, 9.17) is 0 Å². The second-order valence-electron chi connectivity index (χ2n) is 3.66. The molecule has 0 unspecified atom stereocenters. The molecule has 0 heterocycles. The fourth-order valence-corrected chi connectivity index (χ4v) is 1.57. The van der Waals surface area contributed by atoms with Crippen molar-refractivity contribution in [1.29, 1.82) is 0 Å². The quantitative estimate of drug-likeness (QED) is 0.851. The number of hydrogen-bond donors (Lipinski definition) is 1. The monoisotopic (exact) mass is 238 g/mol. The summed E-state index contributed by atoms with van der Waals surface area (Å²) in [6, 6.07) is 7.88. The van der Waals surface area contributed by atoms with Crippen molar-refractivity contribution in [1.82, 2.24) is 0 Å². The lowest BCUT2D eigenvalue weighted by atomic mass is 10.0. The van der Waals surface area contributed by atoms with Crippen LogP contribution in [0.1, 0.15) is 17.2 Å². The number of halogens is 3. The maximum Gasteiger partial charge on any atom is 0.126 e. The van der Waals surface area contributed by atoms with Gasteiger partial charge in [0.05, 0.1) is 0 Å². The lowest BCUT2D eigenvalue weighted by molar-refractivity contribution is 0.219. The van der Waals surface area contributed by atoms with Crippen LogP contribution in [0.15, 0.2) is 42.5 Å². The van der Waals surface area contributed by atoms with Crippen molar-refractivity contribution in [2.24, 2.45) is 0 Å². The summed E-state index contributed by atoms with van der Waals surface area (Å²) in [5.41, 5.74) is 0.463. The number of benzene rings is 2. The van der Waals surface area contributed by atoms with Gasteiger partial charge in [-0.15, -0.1) is 0 Å². The molecule has 2 aromatic carbocycles. The van der Waals surface area contributed by atoms with Gasteiger partial charge in [-0.1, -0.05) is 12.1 Å². The van der Waals surface area contributed by atoms with Gasteiger partial charge in [-0.3, -0.25) is 0 Å². The minimum Gasteiger partial charge on any atom is -0.384 e. The standard InChI is InChI=1S/C13H9F3O/c14-10-3-1-8(2-4-10)13(17)9-5-11(15)7-12(16)6-9/h1-7,13,17H/t13-/m1/s1. The molecule has 0 aliphatic rings. The highest BCUT2D eigenvalue weighted by molar-refractivity contribution is 5.30. The molecule has 0 amide bonds. The van der Waals surface area contributed by atoms with Gasteiger partial charge in [0, 0.05) is 6.07 Å². The van der Waals surface area contributed by atoms with Crippen LogP contribution in [0, 0.1) is 17.5 Å². The van der Waals surface area contributed by atoms with E-state index < -0.39 is 23.6 Å². The Morgan fingerprint density at radius 1 is 0.706 bits per heavy atom. The van der Waals surface area contributed by atoms with Crippen LogP contribution in [-0.4, -0.2) is 5.11 Å². The fraction of sp³-hybridized carbons (Fsp3) is 0.0769. The highest BCUT2D eigenvalue weighted by atomic mass is 19.1. The minimum absolute atomic E-state index is 0.0918. The Kier molecular flexibility index (Phi) is 3.15.